The molecule has 2 heteroatoms. The number of carbonyl (C=O) groups excluding carboxylic acids is 1. The Kier molecular flexibility index (Phi) is 3.27. The van der Waals surface area contributed by atoms with Gasteiger partial charge < -0.3 is 4.74 Å². The number of hydrogen-bond acceptors (Lipinski definition) is 2. The Bertz CT molecular complexity index is 274. The second-order valence-electron chi connectivity index (χ2n) is 6.19. The third-order valence-electron chi connectivity index (χ3n) is 4.77. The Morgan fingerprint density at radius 3 is 2.75 bits per heavy atom. The van der Waals surface area contributed by atoms with Gasteiger partial charge in [0.15, 0.2) is 0 Å². The topological polar surface area (TPSA) is 26.3 Å². The minimum absolute atomic E-state index is 0.0912. The van der Waals surface area contributed by atoms with E-state index in [1.165, 1.54) is 39.0 Å². The van der Waals surface area contributed by atoms with Crippen LogP contribution in [0.5, 0.6) is 0 Å². The van der Waals surface area contributed by atoms with Crippen LogP contribution in [0.15, 0.2) is 0 Å². The monoisotopic (exact) mass is 224 g/mol. The normalized spacial score (nSPS) is 38.7. The molecule has 0 aromatic carbocycles. The van der Waals surface area contributed by atoms with E-state index in [0.29, 0.717) is 5.41 Å². The zero-order valence-electron chi connectivity index (χ0n) is 10.8. The number of ether oxygens (including phenoxy) is 1. The summed E-state index contributed by atoms with van der Waals surface area (Å²) in [4.78, 5) is 10.8. The average Bonchev–Trinajstić information content (AvgIpc) is 2.73. The lowest BCUT2D eigenvalue weighted by molar-refractivity contribution is -0.146. The molecule has 0 radical (unpaired) electrons. The Balaban J connectivity index is 1.79. The highest BCUT2D eigenvalue weighted by Crippen LogP contribution is 2.57. The Morgan fingerprint density at radius 1 is 1.50 bits per heavy atom. The van der Waals surface area contributed by atoms with Gasteiger partial charge in [-0.15, -0.1) is 0 Å². The highest BCUT2D eigenvalue weighted by atomic mass is 16.5. The summed E-state index contributed by atoms with van der Waals surface area (Å²) < 4.78 is 5.20. The first kappa shape index (κ1) is 11.9. The summed E-state index contributed by atoms with van der Waals surface area (Å²) >= 11 is 0. The largest absolute Gasteiger partial charge is 0.463 e. The fourth-order valence-electron chi connectivity index (χ4n) is 3.90. The fourth-order valence-corrected chi connectivity index (χ4v) is 3.90. The highest BCUT2D eigenvalue weighted by Gasteiger charge is 2.47. The van der Waals surface area contributed by atoms with Crippen molar-refractivity contribution < 1.29 is 9.53 Å². The lowest BCUT2D eigenvalue weighted by Crippen LogP contribution is -2.26. The molecule has 2 fully saturated rings. The van der Waals surface area contributed by atoms with E-state index in [-0.39, 0.29) is 12.1 Å². The van der Waals surface area contributed by atoms with Crippen LogP contribution >= 0.6 is 0 Å². The molecule has 0 spiro atoms. The van der Waals surface area contributed by atoms with Gasteiger partial charge in [0.05, 0.1) is 6.10 Å². The van der Waals surface area contributed by atoms with E-state index in [9.17, 15) is 4.79 Å². The second kappa shape index (κ2) is 4.38. The van der Waals surface area contributed by atoms with Gasteiger partial charge in [-0.3, -0.25) is 4.79 Å². The molecular weight excluding hydrogens is 200 g/mol. The van der Waals surface area contributed by atoms with Crippen molar-refractivity contribution in [3.8, 4) is 0 Å². The van der Waals surface area contributed by atoms with Crippen LogP contribution in [0.2, 0.25) is 0 Å². The first-order valence-corrected chi connectivity index (χ1v) is 6.67. The first-order valence-electron chi connectivity index (χ1n) is 6.67. The maximum absolute atomic E-state index is 10.8. The van der Waals surface area contributed by atoms with Gasteiger partial charge in [0.1, 0.15) is 0 Å². The van der Waals surface area contributed by atoms with Crippen molar-refractivity contribution in [2.75, 3.05) is 0 Å². The molecule has 2 aliphatic rings. The Morgan fingerprint density at radius 2 is 2.25 bits per heavy atom. The third-order valence-corrected chi connectivity index (χ3v) is 4.77. The van der Waals surface area contributed by atoms with Crippen LogP contribution < -0.4 is 0 Å². The summed E-state index contributed by atoms with van der Waals surface area (Å²) in [5.41, 5.74) is 0.539. The predicted octanol–water partition coefficient (Wildman–Crippen LogP) is 3.54. The molecule has 2 rings (SSSR count). The number of hydrogen-bond donors (Lipinski definition) is 0. The Hall–Kier alpha value is -0.530. The standard InChI is InChI=1S/C14H24O2/c1-10(16-11(2)15)6-7-14(3)9-12-4-5-13(14)8-12/h10,12-13H,4-9H2,1-3H3/t10-,12+,13+,14+/m1/s1. The summed E-state index contributed by atoms with van der Waals surface area (Å²) in [7, 11) is 0. The van der Waals surface area contributed by atoms with Crippen LogP contribution in [-0.4, -0.2) is 12.1 Å². The van der Waals surface area contributed by atoms with Gasteiger partial charge in [-0.1, -0.05) is 13.3 Å². The molecule has 0 aromatic heterocycles. The van der Waals surface area contributed by atoms with Crippen molar-refractivity contribution in [3.63, 3.8) is 0 Å². The van der Waals surface area contributed by atoms with E-state index in [0.717, 1.165) is 18.3 Å². The van der Waals surface area contributed by atoms with Crippen LogP contribution in [0.25, 0.3) is 0 Å². The molecule has 92 valence electrons. The molecular formula is C14H24O2. The van der Waals surface area contributed by atoms with E-state index in [2.05, 4.69) is 6.92 Å². The zero-order valence-corrected chi connectivity index (χ0v) is 10.8. The number of esters is 1. The van der Waals surface area contributed by atoms with E-state index in [1.807, 2.05) is 6.92 Å². The third kappa shape index (κ3) is 2.41. The molecule has 0 aromatic rings. The molecule has 0 heterocycles. The minimum Gasteiger partial charge on any atom is -0.463 e. The van der Waals surface area contributed by atoms with Gasteiger partial charge in [0.2, 0.25) is 0 Å². The summed E-state index contributed by atoms with van der Waals surface area (Å²) in [6.45, 7) is 5.95. The second-order valence-corrected chi connectivity index (χ2v) is 6.19. The van der Waals surface area contributed by atoms with E-state index in [1.54, 1.807) is 0 Å². The summed E-state index contributed by atoms with van der Waals surface area (Å²) in [6, 6.07) is 0. The van der Waals surface area contributed by atoms with Crippen LogP contribution in [0.4, 0.5) is 0 Å². The van der Waals surface area contributed by atoms with Crippen molar-refractivity contribution in [1.29, 1.82) is 0 Å². The smallest absolute Gasteiger partial charge is 0.302 e. The lowest BCUT2D eigenvalue weighted by Gasteiger charge is -2.34. The van der Waals surface area contributed by atoms with E-state index >= 15 is 0 Å². The average molecular weight is 224 g/mol. The van der Waals surface area contributed by atoms with Gasteiger partial charge in [0.25, 0.3) is 0 Å². The molecule has 0 saturated heterocycles. The molecule has 2 nitrogen and oxygen atoms in total. The summed E-state index contributed by atoms with van der Waals surface area (Å²) in [5, 5.41) is 0. The molecule has 0 unspecified atom stereocenters. The lowest BCUT2D eigenvalue weighted by atomic mass is 9.71. The predicted molar refractivity (Wildman–Crippen MR) is 64.0 cm³/mol. The van der Waals surface area contributed by atoms with Gasteiger partial charge in [-0.2, -0.15) is 0 Å². The van der Waals surface area contributed by atoms with Crippen LogP contribution in [0, 0.1) is 17.3 Å². The SMILES string of the molecule is CC(=O)O[C@H](C)CC[C@@]1(C)C[C@H]2CC[C@H]1C2. The van der Waals surface area contributed by atoms with Gasteiger partial charge >= 0.3 is 5.97 Å². The fraction of sp³-hybridized carbons (Fsp3) is 0.929. The molecule has 0 amide bonds. The number of fused-ring (bicyclic) bond motifs is 2. The van der Waals surface area contributed by atoms with Gasteiger partial charge in [-0.25, -0.2) is 0 Å². The van der Waals surface area contributed by atoms with Crippen molar-refractivity contribution in [2.24, 2.45) is 17.3 Å². The minimum atomic E-state index is -0.148. The molecule has 16 heavy (non-hydrogen) atoms. The maximum atomic E-state index is 10.8. The summed E-state index contributed by atoms with van der Waals surface area (Å²) in [5.74, 6) is 1.80. The number of carbonyl (C=O) groups is 1. The maximum Gasteiger partial charge on any atom is 0.302 e. The van der Waals surface area contributed by atoms with E-state index < -0.39 is 0 Å². The molecule has 2 bridgehead atoms. The van der Waals surface area contributed by atoms with Crippen molar-refractivity contribution >= 4 is 5.97 Å². The quantitative estimate of drug-likeness (QED) is 0.683. The van der Waals surface area contributed by atoms with E-state index in [4.69, 9.17) is 4.74 Å². The number of rotatable bonds is 4. The molecule has 0 N–H and O–H groups in total. The highest BCUT2D eigenvalue weighted by molar-refractivity contribution is 5.66. The van der Waals surface area contributed by atoms with Crippen molar-refractivity contribution in [1.82, 2.24) is 0 Å². The molecule has 2 saturated carbocycles. The van der Waals surface area contributed by atoms with Crippen LogP contribution in [0.3, 0.4) is 0 Å². The first-order chi connectivity index (χ1) is 7.49. The van der Waals surface area contributed by atoms with Crippen LogP contribution in [-0.2, 0) is 9.53 Å². The van der Waals surface area contributed by atoms with Crippen LogP contribution in [0.1, 0.15) is 59.3 Å². The molecule has 4 atom stereocenters. The molecule has 2 aliphatic carbocycles. The van der Waals surface area contributed by atoms with Gasteiger partial charge in [0, 0.05) is 6.92 Å². The zero-order chi connectivity index (χ0) is 11.8. The Labute approximate surface area is 98.7 Å². The van der Waals surface area contributed by atoms with Crippen molar-refractivity contribution in [3.05, 3.63) is 0 Å². The summed E-state index contributed by atoms with van der Waals surface area (Å²) in [6.07, 6.45) is 8.10. The molecule has 0 aliphatic heterocycles. The van der Waals surface area contributed by atoms with Crippen molar-refractivity contribution in [2.45, 2.75) is 65.4 Å². The van der Waals surface area contributed by atoms with Gasteiger partial charge in [-0.05, 0) is 56.3 Å².